The molecule has 1 aromatic heterocycles. The lowest BCUT2D eigenvalue weighted by Gasteiger charge is -2.31. The van der Waals surface area contributed by atoms with Crippen molar-refractivity contribution in [2.24, 2.45) is 5.92 Å². The Hall–Kier alpha value is -2.29. The molecule has 0 saturated carbocycles. The molecular weight excluding hydrogens is 282 g/mol. The number of carbonyl (C=O) groups excluding carboxylic acids is 2. The third kappa shape index (κ3) is 4.10. The van der Waals surface area contributed by atoms with Gasteiger partial charge in [0.05, 0.1) is 18.4 Å². The average Bonchev–Trinajstić information content (AvgIpc) is 2.97. The van der Waals surface area contributed by atoms with Crippen molar-refractivity contribution in [2.45, 2.75) is 32.7 Å². The van der Waals surface area contributed by atoms with Crippen molar-refractivity contribution < 1.29 is 14.3 Å². The molecule has 0 bridgehead atoms. The Morgan fingerprint density at radius 1 is 1.45 bits per heavy atom. The lowest BCUT2D eigenvalue weighted by molar-refractivity contribution is -0.133. The van der Waals surface area contributed by atoms with Gasteiger partial charge in [-0.2, -0.15) is 5.10 Å². The van der Waals surface area contributed by atoms with E-state index in [0.717, 1.165) is 32.4 Å². The second-order valence-electron chi connectivity index (χ2n) is 5.38. The van der Waals surface area contributed by atoms with Crippen LogP contribution < -0.4 is 0 Å². The summed E-state index contributed by atoms with van der Waals surface area (Å²) in [5.74, 6) is 2.80. The van der Waals surface area contributed by atoms with E-state index in [4.69, 9.17) is 11.2 Å². The molecule has 22 heavy (non-hydrogen) atoms. The summed E-state index contributed by atoms with van der Waals surface area (Å²) < 4.78 is 6.37. The number of aromatic nitrogens is 2. The van der Waals surface area contributed by atoms with E-state index in [1.165, 1.54) is 10.9 Å². The highest BCUT2D eigenvalue weighted by atomic mass is 16.5. The van der Waals surface area contributed by atoms with E-state index in [2.05, 4.69) is 11.0 Å². The van der Waals surface area contributed by atoms with Crippen LogP contribution in [0, 0.1) is 18.3 Å². The van der Waals surface area contributed by atoms with Gasteiger partial charge in [0.1, 0.15) is 6.54 Å². The first-order valence-electron chi connectivity index (χ1n) is 7.54. The van der Waals surface area contributed by atoms with E-state index in [0.29, 0.717) is 18.1 Å². The molecule has 1 fully saturated rings. The summed E-state index contributed by atoms with van der Waals surface area (Å²) in [6.45, 7) is 3.67. The Morgan fingerprint density at radius 2 is 2.18 bits per heavy atom. The largest absolute Gasteiger partial charge is 0.462 e. The summed E-state index contributed by atoms with van der Waals surface area (Å²) in [7, 11) is 0. The number of terminal acetylenes is 1. The first-order chi connectivity index (χ1) is 10.6. The van der Waals surface area contributed by atoms with Gasteiger partial charge < -0.3 is 9.64 Å². The van der Waals surface area contributed by atoms with E-state index < -0.39 is 5.97 Å². The number of carbonyl (C=O) groups is 2. The van der Waals surface area contributed by atoms with Gasteiger partial charge in [0.2, 0.25) is 5.91 Å². The predicted molar refractivity (Wildman–Crippen MR) is 80.9 cm³/mol. The first kappa shape index (κ1) is 16.1. The van der Waals surface area contributed by atoms with Crippen molar-refractivity contribution in [2.75, 3.05) is 19.7 Å². The molecule has 2 heterocycles. The number of piperidine rings is 1. The second-order valence-corrected chi connectivity index (χ2v) is 5.38. The zero-order valence-electron chi connectivity index (χ0n) is 12.8. The summed E-state index contributed by atoms with van der Waals surface area (Å²) in [4.78, 5) is 25.6. The smallest absolute Gasteiger partial charge is 0.341 e. The molecule has 0 atom stereocenters. The van der Waals surface area contributed by atoms with Crippen molar-refractivity contribution in [1.29, 1.82) is 0 Å². The Bertz CT molecular complexity index is 565. The van der Waals surface area contributed by atoms with E-state index in [-0.39, 0.29) is 12.5 Å². The van der Waals surface area contributed by atoms with E-state index in [9.17, 15) is 9.59 Å². The molecule has 1 aliphatic heterocycles. The van der Waals surface area contributed by atoms with Crippen molar-refractivity contribution in [3.63, 3.8) is 0 Å². The van der Waals surface area contributed by atoms with Gasteiger partial charge in [-0.15, -0.1) is 12.3 Å². The highest BCUT2D eigenvalue weighted by Crippen LogP contribution is 2.20. The van der Waals surface area contributed by atoms with Crippen LogP contribution in [0.4, 0.5) is 0 Å². The van der Waals surface area contributed by atoms with Gasteiger partial charge in [-0.25, -0.2) is 4.79 Å². The third-order valence-corrected chi connectivity index (χ3v) is 3.82. The van der Waals surface area contributed by atoms with Crippen molar-refractivity contribution in [3.05, 3.63) is 18.0 Å². The van der Waals surface area contributed by atoms with Crippen LogP contribution in [-0.4, -0.2) is 46.3 Å². The van der Waals surface area contributed by atoms with Gasteiger partial charge in [-0.3, -0.25) is 9.48 Å². The quantitative estimate of drug-likeness (QED) is 0.608. The molecule has 6 heteroatoms. The minimum absolute atomic E-state index is 0.0117. The lowest BCUT2D eigenvalue weighted by Crippen LogP contribution is -2.40. The van der Waals surface area contributed by atoms with Gasteiger partial charge in [-0.05, 0) is 25.7 Å². The van der Waals surface area contributed by atoms with E-state index >= 15 is 0 Å². The van der Waals surface area contributed by atoms with Crippen LogP contribution in [0.5, 0.6) is 0 Å². The molecule has 1 amide bonds. The van der Waals surface area contributed by atoms with Crippen LogP contribution >= 0.6 is 0 Å². The molecule has 0 N–H and O–H groups in total. The van der Waals surface area contributed by atoms with Gasteiger partial charge in [0.15, 0.2) is 0 Å². The summed E-state index contributed by atoms with van der Waals surface area (Å²) in [5.41, 5.74) is 0.363. The molecule has 2 rings (SSSR count). The third-order valence-electron chi connectivity index (χ3n) is 3.82. The van der Waals surface area contributed by atoms with E-state index in [1.807, 2.05) is 4.90 Å². The maximum atomic E-state index is 12.2. The molecule has 1 saturated heterocycles. The fraction of sp³-hybridized carbons (Fsp3) is 0.562. The minimum Gasteiger partial charge on any atom is -0.462 e. The maximum Gasteiger partial charge on any atom is 0.341 e. The van der Waals surface area contributed by atoms with Gasteiger partial charge in [0.25, 0.3) is 0 Å². The predicted octanol–water partition coefficient (Wildman–Crippen LogP) is 1.32. The number of nitrogens with zero attached hydrogens (tertiary/aromatic N) is 3. The number of rotatable bonds is 5. The molecule has 6 nitrogen and oxygen atoms in total. The fourth-order valence-electron chi connectivity index (χ4n) is 2.56. The van der Waals surface area contributed by atoms with Crippen LogP contribution in [0.1, 0.15) is 36.5 Å². The summed E-state index contributed by atoms with van der Waals surface area (Å²) in [6.07, 6.45) is 11.0. The molecule has 118 valence electrons. The van der Waals surface area contributed by atoms with Gasteiger partial charge in [-0.1, -0.05) is 0 Å². The van der Waals surface area contributed by atoms with Crippen LogP contribution in [-0.2, 0) is 16.1 Å². The van der Waals surface area contributed by atoms with Gasteiger partial charge >= 0.3 is 5.97 Å². The average molecular weight is 303 g/mol. The first-order valence-corrected chi connectivity index (χ1v) is 7.54. The van der Waals surface area contributed by atoms with Crippen LogP contribution in [0.2, 0.25) is 0 Å². The zero-order valence-corrected chi connectivity index (χ0v) is 12.8. The monoisotopic (exact) mass is 303 g/mol. The minimum atomic E-state index is -0.420. The topological polar surface area (TPSA) is 64.4 Å². The Balaban J connectivity index is 1.85. The molecule has 0 aromatic carbocycles. The number of esters is 1. The molecule has 0 aliphatic carbocycles. The number of hydrogen-bond donors (Lipinski definition) is 0. The molecule has 0 unspecified atom stereocenters. The van der Waals surface area contributed by atoms with Crippen molar-refractivity contribution >= 4 is 11.9 Å². The van der Waals surface area contributed by atoms with Crippen molar-refractivity contribution in [3.8, 4) is 12.3 Å². The zero-order chi connectivity index (χ0) is 15.9. The number of ether oxygens (including phenoxy) is 1. The summed E-state index contributed by atoms with van der Waals surface area (Å²) >= 11 is 0. The van der Waals surface area contributed by atoms with Crippen LogP contribution in [0.3, 0.4) is 0 Å². The summed E-state index contributed by atoms with van der Waals surface area (Å²) in [5, 5.41) is 4.04. The molecule has 0 spiro atoms. The fourth-order valence-corrected chi connectivity index (χ4v) is 2.56. The molecule has 0 radical (unpaired) electrons. The Labute approximate surface area is 130 Å². The van der Waals surface area contributed by atoms with E-state index in [1.54, 1.807) is 13.1 Å². The second kappa shape index (κ2) is 7.64. The standard InChI is InChI=1S/C16H21N3O3/c1-3-5-13-6-8-18(9-7-13)15(20)12-19-11-14(10-17-19)16(21)22-4-2/h1,10-11,13H,4-9,12H2,2H3. The van der Waals surface area contributed by atoms with Crippen LogP contribution in [0.25, 0.3) is 0 Å². The molecule has 1 aromatic rings. The molecular formula is C16H21N3O3. The highest BCUT2D eigenvalue weighted by Gasteiger charge is 2.22. The van der Waals surface area contributed by atoms with Gasteiger partial charge in [0, 0.05) is 25.7 Å². The Morgan fingerprint density at radius 3 is 2.82 bits per heavy atom. The number of amides is 1. The normalized spacial score (nSPS) is 15.4. The van der Waals surface area contributed by atoms with Crippen LogP contribution in [0.15, 0.2) is 12.4 Å². The maximum absolute atomic E-state index is 12.2. The summed E-state index contributed by atoms with van der Waals surface area (Å²) in [6, 6.07) is 0. The number of likely N-dealkylation sites (tertiary alicyclic amines) is 1. The Kier molecular flexibility index (Phi) is 5.59. The van der Waals surface area contributed by atoms with Crippen molar-refractivity contribution in [1.82, 2.24) is 14.7 Å². The number of hydrogen-bond acceptors (Lipinski definition) is 4. The lowest BCUT2D eigenvalue weighted by atomic mass is 9.94. The molecule has 1 aliphatic rings. The SMILES string of the molecule is C#CCC1CCN(C(=O)Cn2cc(C(=O)OCC)cn2)CC1. The highest BCUT2D eigenvalue weighted by molar-refractivity contribution is 5.88.